The molecule has 1 aliphatic rings. The topological polar surface area (TPSA) is 91.4 Å². The Morgan fingerprint density at radius 2 is 1.72 bits per heavy atom. The number of ether oxygens (including phenoxy) is 4. The lowest BCUT2D eigenvalue weighted by molar-refractivity contribution is -0.154. The Bertz CT molecular complexity index is 646. The Balaban J connectivity index is 1.98. The van der Waals surface area contributed by atoms with Crippen LogP contribution in [0.5, 0.6) is 17.2 Å². The number of likely N-dealkylation sites (tertiary alicyclic amines) is 1. The minimum absolute atomic E-state index is 0.0715. The van der Waals surface area contributed by atoms with E-state index in [1.165, 1.54) is 21.3 Å². The molecule has 25 heavy (non-hydrogen) atoms. The molecule has 1 aromatic carbocycles. The molecular weight excluding hydrogens is 330 g/mol. The van der Waals surface area contributed by atoms with Crippen molar-refractivity contribution in [3.05, 3.63) is 17.7 Å². The number of nitrogens with zero attached hydrogens (tertiary/aromatic N) is 1. The number of hydrogen-bond donors (Lipinski definition) is 0. The molecule has 0 unspecified atom stereocenters. The van der Waals surface area contributed by atoms with Crippen LogP contribution in [0.4, 0.5) is 0 Å². The van der Waals surface area contributed by atoms with Crippen LogP contribution in [0.3, 0.4) is 0 Å². The van der Waals surface area contributed by atoms with Crippen molar-refractivity contribution in [2.45, 2.75) is 19.3 Å². The van der Waals surface area contributed by atoms with Gasteiger partial charge in [0.15, 0.2) is 18.1 Å². The van der Waals surface area contributed by atoms with Gasteiger partial charge in [0, 0.05) is 13.0 Å². The summed E-state index contributed by atoms with van der Waals surface area (Å²) in [5.74, 6) is -0.0580. The number of carbonyl (C=O) groups is 3. The molecule has 0 atom stereocenters. The maximum Gasteiger partial charge on any atom is 0.310 e. The fraction of sp³-hybridized carbons (Fsp3) is 0.471. The fourth-order valence-corrected chi connectivity index (χ4v) is 2.59. The number of rotatable bonds is 7. The third-order valence-electron chi connectivity index (χ3n) is 3.80. The zero-order valence-electron chi connectivity index (χ0n) is 14.5. The van der Waals surface area contributed by atoms with Crippen molar-refractivity contribution in [1.82, 2.24) is 4.90 Å². The summed E-state index contributed by atoms with van der Waals surface area (Å²) in [5, 5.41) is 0. The van der Waals surface area contributed by atoms with Gasteiger partial charge in [0.05, 0.1) is 27.8 Å². The van der Waals surface area contributed by atoms with Crippen molar-refractivity contribution in [3.63, 3.8) is 0 Å². The van der Waals surface area contributed by atoms with Gasteiger partial charge in [0.25, 0.3) is 5.91 Å². The van der Waals surface area contributed by atoms with E-state index in [0.717, 1.165) is 4.90 Å². The first-order chi connectivity index (χ1) is 12.0. The van der Waals surface area contributed by atoms with Crippen LogP contribution in [0, 0.1) is 0 Å². The van der Waals surface area contributed by atoms with Gasteiger partial charge in [0.1, 0.15) is 0 Å². The van der Waals surface area contributed by atoms with Gasteiger partial charge in [-0.1, -0.05) is 0 Å². The normalized spacial score (nSPS) is 13.6. The molecule has 0 radical (unpaired) electrons. The summed E-state index contributed by atoms with van der Waals surface area (Å²) in [7, 11) is 4.44. The minimum Gasteiger partial charge on any atom is -0.493 e. The Labute approximate surface area is 145 Å². The molecule has 0 N–H and O–H groups in total. The molecule has 1 heterocycles. The van der Waals surface area contributed by atoms with E-state index in [0.29, 0.717) is 42.2 Å². The van der Waals surface area contributed by atoms with Gasteiger partial charge in [-0.2, -0.15) is 0 Å². The first-order valence-corrected chi connectivity index (χ1v) is 7.77. The second-order valence-electron chi connectivity index (χ2n) is 5.41. The molecular formula is C17H21NO7. The van der Waals surface area contributed by atoms with Gasteiger partial charge in [0.2, 0.25) is 11.7 Å². The van der Waals surface area contributed by atoms with Crippen molar-refractivity contribution < 1.29 is 33.3 Å². The van der Waals surface area contributed by atoms with E-state index in [1.807, 2.05) is 0 Å². The smallest absolute Gasteiger partial charge is 0.310 e. The summed E-state index contributed by atoms with van der Waals surface area (Å²) in [6, 6.07) is 3.27. The van der Waals surface area contributed by atoms with E-state index < -0.39 is 18.5 Å². The monoisotopic (exact) mass is 351 g/mol. The lowest BCUT2D eigenvalue weighted by Crippen LogP contribution is -2.35. The lowest BCUT2D eigenvalue weighted by atomic mass is 10.1. The van der Waals surface area contributed by atoms with E-state index in [-0.39, 0.29) is 12.3 Å². The van der Waals surface area contributed by atoms with Gasteiger partial charge in [-0.3, -0.25) is 19.3 Å². The van der Waals surface area contributed by atoms with Gasteiger partial charge in [-0.15, -0.1) is 0 Å². The number of hydrogen-bond acceptors (Lipinski definition) is 7. The SMILES string of the molecule is COc1cc(CC(=O)OCC(=O)N2CCCC2=O)cc(OC)c1OC. The third-order valence-corrected chi connectivity index (χ3v) is 3.80. The third kappa shape index (κ3) is 4.40. The molecule has 2 amide bonds. The zero-order valence-corrected chi connectivity index (χ0v) is 14.5. The molecule has 2 rings (SSSR count). The van der Waals surface area contributed by atoms with Crippen LogP contribution in [-0.2, 0) is 25.5 Å². The largest absolute Gasteiger partial charge is 0.493 e. The Morgan fingerprint density at radius 1 is 1.08 bits per heavy atom. The molecule has 0 saturated carbocycles. The zero-order chi connectivity index (χ0) is 18.4. The highest BCUT2D eigenvalue weighted by atomic mass is 16.5. The maximum absolute atomic E-state index is 12.0. The van der Waals surface area contributed by atoms with Crippen LogP contribution in [-0.4, -0.2) is 57.2 Å². The number of imide groups is 1. The van der Waals surface area contributed by atoms with Crippen LogP contribution in [0.2, 0.25) is 0 Å². The van der Waals surface area contributed by atoms with Crippen LogP contribution >= 0.6 is 0 Å². The van der Waals surface area contributed by atoms with E-state index in [4.69, 9.17) is 18.9 Å². The van der Waals surface area contributed by atoms with Crippen molar-refractivity contribution in [2.24, 2.45) is 0 Å². The predicted octanol–water partition coefficient (Wildman–Crippen LogP) is 0.947. The highest BCUT2D eigenvalue weighted by Crippen LogP contribution is 2.38. The first kappa shape index (κ1) is 18.6. The molecule has 136 valence electrons. The minimum atomic E-state index is -0.589. The second kappa shape index (κ2) is 8.36. The molecule has 8 heteroatoms. The molecule has 0 aromatic heterocycles. The Hall–Kier alpha value is -2.77. The maximum atomic E-state index is 12.0. The summed E-state index contributed by atoms with van der Waals surface area (Å²) < 4.78 is 20.6. The highest BCUT2D eigenvalue weighted by Gasteiger charge is 2.27. The molecule has 1 aliphatic heterocycles. The molecule has 8 nitrogen and oxygen atoms in total. The van der Waals surface area contributed by atoms with Gasteiger partial charge in [-0.25, -0.2) is 0 Å². The van der Waals surface area contributed by atoms with Crippen molar-refractivity contribution >= 4 is 17.8 Å². The molecule has 0 spiro atoms. The number of esters is 1. The van der Waals surface area contributed by atoms with Crippen LogP contribution in [0.15, 0.2) is 12.1 Å². The van der Waals surface area contributed by atoms with Crippen LogP contribution in [0.1, 0.15) is 18.4 Å². The summed E-state index contributed by atoms with van der Waals surface area (Å²) in [6.07, 6.45) is 0.924. The second-order valence-corrected chi connectivity index (χ2v) is 5.41. The summed E-state index contributed by atoms with van der Waals surface area (Å²) >= 11 is 0. The van der Waals surface area contributed by atoms with E-state index in [1.54, 1.807) is 12.1 Å². The van der Waals surface area contributed by atoms with Crippen LogP contribution in [0.25, 0.3) is 0 Å². The van der Waals surface area contributed by atoms with E-state index in [2.05, 4.69) is 0 Å². The fourth-order valence-electron chi connectivity index (χ4n) is 2.59. The number of amides is 2. The highest BCUT2D eigenvalue weighted by molar-refractivity contribution is 5.97. The molecule has 1 aromatic rings. The van der Waals surface area contributed by atoms with E-state index in [9.17, 15) is 14.4 Å². The molecule has 1 fully saturated rings. The molecule has 1 saturated heterocycles. The molecule has 0 aliphatic carbocycles. The summed E-state index contributed by atoms with van der Waals surface area (Å²) in [4.78, 5) is 36.4. The van der Waals surface area contributed by atoms with Gasteiger partial charge < -0.3 is 18.9 Å². The van der Waals surface area contributed by atoms with Crippen molar-refractivity contribution in [3.8, 4) is 17.2 Å². The lowest BCUT2D eigenvalue weighted by Gasteiger charge is -2.15. The Kier molecular flexibility index (Phi) is 6.21. The summed E-state index contributed by atoms with van der Waals surface area (Å²) in [6.45, 7) is -0.0723. The average Bonchev–Trinajstić information content (AvgIpc) is 3.04. The number of benzene rings is 1. The van der Waals surface area contributed by atoms with E-state index >= 15 is 0 Å². The van der Waals surface area contributed by atoms with Crippen molar-refractivity contribution in [2.75, 3.05) is 34.5 Å². The standard InChI is InChI=1S/C17H21NO7/c1-22-12-7-11(8-13(23-2)17(12)24-3)9-16(21)25-10-15(20)18-6-4-5-14(18)19/h7-8H,4-6,9-10H2,1-3H3. The molecule has 0 bridgehead atoms. The van der Waals surface area contributed by atoms with Gasteiger partial charge >= 0.3 is 5.97 Å². The quantitative estimate of drug-likeness (QED) is 0.675. The Morgan fingerprint density at radius 3 is 2.20 bits per heavy atom. The average molecular weight is 351 g/mol. The van der Waals surface area contributed by atoms with Crippen molar-refractivity contribution in [1.29, 1.82) is 0 Å². The number of carbonyl (C=O) groups excluding carboxylic acids is 3. The van der Waals surface area contributed by atoms with Crippen LogP contribution < -0.4 is 14.2 Å². The van der Waals surface area contributed by atoms with Gasteiger partial charge in [-0.05, 0) is 24.1 Å². The summed E-state index contributed by atoms with van der Waals surface area (Å²) in [5.41, 5.74) is 0.587. The first-order valence-electron chi connectivity index (χ1n) is 7.77. The predicted molar refractivity (Wildman–Crippen MR) is 86.7 cm³/mol. The number of methoxy groups -OCH3 is 3.